The van der Waals surface area contributed by atoms with Gasteiger partial charge in [-0.3, -0.25) is 9.59 Å². The van der Waals surface area contributed by atoms with Gasteiger partial charge in [0.1, 0.15) is 6.04 Å². The van der Waals surface area contributed by atoms with Crippen LogP contribution in [-0.2, 0) is 14.4 Å². The van der Waals surface area contributed by atoms with Gasteiger partial charge in [-0.1, -0.05) is 20.8 Å². The van der Waals surface area contributed by atoms with Crippen molar-refractivity contribution in [3.8, 4) is 0 Å². The van der Waals surface area contributed by atoms with E-state index in [-0.39, 0.29) is 12.5 Å². The minimum Gasteiger partial charge on any atom is -0.480 e. The van der Waals surface area contributed by atoms with Crippen molar-refractivity contribution in [2.24, 2.45) is 5.41 Å². The van der Waals surface area contributed by atoms with E-state index < -0.39 is 29.9 Å². The number of carbonyl (C=O) groups is 3. The molecule has 0 aliphatic heterocycles. The number of carboxylic acids is 1. The van der Waals surface area contributed by atoms with Gasteiger partial charge in [0.2, 0.25) is 11.8 Å². The van der Waals surface area contributed by atoms with Gasteiger partial charge in [-0.15, -0.1) is 0 Å². The van der Waals surface area contributed by atoms with Crippen molar-refractivity contribution in [1.29, 1.82) is 0 Å². The Hall–Kier alpha value is -1.63. The van der Waals surface area contributed by atoms with Crippen molar-refractivity contribution >= 4 is 17.8 Å². The van der Waals surface area contributed by atoms with Crippen LogP contribution in [0.2, 0.25) is 0 Å². The summed E-state index contributed by atoms with van der Waals surface area (Å²) in [4.78, 5) is 33.2. The average Bonchev–Trinajstić information content (AvgIpc) is 2.20. The monoisotopic (exact) mass is 246 g/mol. The summed E-state index contributed by atoms with van der Waals surface area (Å²) in [5.74, 6) is -2.31. The van der Waals surface area contributed by atoms with Crippen LogP contribution >= 0.6 is 0 Å². The molecule has 1 atom stereocenters. The Labute approximate surface area is 99.2 Å². The number of carbonyl (C=O) groups excluding carboxylic acids is 2. The van der Waals surface area contributed by atoms with E-state index in [4.69, 9.17) is 10.2 Å². The first-order valence-corrected chi connectivity index (χ1v) is 5.09. The van der Waals surface area contributed by atoms with Crippen molar-refractivity contribution in [3.63, 3.8) is 0 Å². The first-order valence-electron chi connectivity index (χ1n) is 5.09. The normalized spacial score (nSPS) is 12.7. The molecule has 0 aromatic carbocycles. The summed E-state index contributed by atoms with van der Waals surface area (Å²) in [6.07, 6.45) is 0. The zero-order valence-electron chi connectivity index (χ0n) is 10.1. The van der Waals surface area contributed by atoms with Crippen LogP contribution in [0.1, 0.15) is 20.8 Å². The molecule has 17 heavy (non-hydrogen) atoms. The van der Waals surface area contributed by atoms with E-state index >= 15 is 0 Å². The molecular formula is C10H18N2O5. The lowest BCUT2D eigenvalue weighted by Gasteiger charge is -2.18. The Morgan fingerprint density at radius 3 is 2.12 bits per heavy atom. The van der Waals surface area contributed by atoms with Crippen LogP contribution in [0.4, 0.5) is 0 Å². The molecule has 7 heteroatoms. The molecule has 0 radical (unpaired) electrons. The third kappa shape index (κ3) is 5.86. The number of aliphatic hydroxyl groups is 1. The first kappa shape index (κ1) is 15.4. The van der Waals surface area contributed by atoms with E-state index in [0.29, 0.717) is 0 Å². The van der Waals surface area contributed by atoms with E-state index in [1.807, 2.05) is 0 Å². The van der Waals surface area contributed by atoms with E-state index in [1.54, 1.807) is 20.8 Å². The van der Waals surface area contributed by atoms with Gasteiger partial charge in [0.25, 0.3) is 0 Å². The van der Waals surface area contributed by atoms with Gasteiger partial charge < -0.3 is 20.8 Å². The number of hydrogen-bond donors (Lipinski definition) is 4. The Bertz CT molecular complexity index is 308. The summed E-state index contributed by atoms with van der Waals surface area (Å²) in [5, 5.41) is 21.7. The molecule has 0 saturated heterocycles. The van der Waals surface area contributed by atoms with Crippen LogP contribution in [0.5, 0.6) is 0 Å². The van der Waals surface area contributed by atoms with Gasteiger partial charge in [0, 0.05) is 5.41 Å². The summed E-state index contributed by atoms with van der Waals surface area (Å²) < 4.78 is 0. The highest BCUT2D eigenvalue weighted by Gasteiger charge is 2.23. The SMILES string of the molecule is CC(C)(C)C(=O)NCC(=O)N[C@@H](CO)C(=O)O. The van der Waals surface area contributed by atoms with Gasteiger partial charge in [-0.25, -0.2) is 4.79 Å². The standard InChI is InChI=1S/C10H18N2O5/c1-10(2,3)9(17)11-4-7(14)12-6(5-13)8(15)16/h6,13H,4-5H2,1-3H3,(H,11,17)(H,12,14)(H,15,16)/t6-/m0/s1. The molecule has 0 heterocycles. The molecule has 0 unspecified atom stereocenters. The number of rotatable bonds is 5. The Kier molecular flexibility index (Phi) is 5.60. The van der Waals surface area contributed by atoms with Crippen LogP contribution in [0, 0.1) is 5.41 Å². The van der Waals surface area contributed by atoms with Crippen molar-refractivity contribution < 1.29 is 24.6 Å². The van der Waals surface area contributed by atoms with Gasteiger partial charge in [0.05, 0.1) is 13.2 Å². The zero-order chi connectivity index (χ0) is 13.6. The molecule has 0 aromatic heterocycles. The summed E-state index contributed by atoms with van der Waals surface area (Å²) in [5.41, 5.74) is -0.622. The fraction of sp³-hybridized carbons (Fsp3) is 0.700. The van der Waals surface area contributed by atoms with Crippen LogP contribution in [0.3, 0.4) is 0 Å². The van der Waals surface area contributed by atoms with Crippen LogP contribution in [-0.4, -0.2) is 47.2 Å². The molecule has 0 spiro atoms. The molecule has 4 N–H and O–H groups in total. The summed E-state index contributed by atoms with van der Waals surface area (Å²) in [6.45, 7) is 4.05. The number of aliphatic hydroxyl groups excluding tert-OH is 1. The van der Waals surface area contributed by atoms with Crippen LogP contribution < -0.4 is 10.6 Å². The number of amides is 2. The molecule has 0 aliphatic rings. The van der Waals surface area contributed by atoms with Crippen molar-refractivity contribution in [1.82, 2.24) is 10.6 Å². The fourth-order valence-corrected chi connectivity index (χ4v) is 0.857. The quantitative estimate of drug-likeness (QED) is 0.481. The number of hydrogen-bond acceptors (Lipinski definition) is 4. The highest BCUT2D eigenvalue weighted by molar-refractivity contribution is 5.89. The predicted octanol–water partition coefficient (Wildman–Crippen LogP) is -1.29. The average molecular weight is 246 g/mol. The van der Waals surface area contributed by atoms with Crippen LogP contribution in [0.25, 0.3) is 0 Å². The minimum absolute atomic E-state index is 0.316. The highest BCUT2D eigenvalue weighted by atomic mass is 16.4. The molecule has 0 fully saturated rings. The molecule has 2 amide bonds. The molecule has 0 bridgehead atoms. The molecule has 0 saturated carbocycles. The van der Waals surface area contributed by atoms with Gasteiger partial charge in [0.15, 0.2) is 0 Å². The number of carboxylic acid groups (broad SMARTS) is 1. The van der Waals surface area contributed by atoms with E-state index in [0.717, 1.165) is 0 Å². The lowest BCUT2D eigenvalue weighted by atomic mass is 9.96. The maximum Gasteiger partial charge on any atom is 0.328 e. The maximum absolute atomic E-state index is 11.4. The van der Waals surface area contributed by atoms with Gasteiger partial charge in [-0.2, -0.15) is 0 Å². The van der Waals surface area contributed by atoms with Crippen molar-refractivity contribution in [2.75, 3.05) is 13.2 Å². The topological polar surface area (TPSA) is 116 Å². The van der Waals surface area contributed by atoms with Crippen molar-refractivity contribution in [2.45, 2.75) is 26.8 Å². The molecule has 0 rings (SSSR count). The van der Waals surface area contributed by atoms with E-state index in [1.165, 1.54) is 0 Å². The Balaban J connectivity index is 4.12. The first-order chi connectivity index (χ1) is 7.68. The van der Waals surface area contributed by atoms with E-state index in [9.17, 15) is 14.4 Å². The van der Waals surface area contributed by atoms with Gasteiger partial charge >= 0.3 is 5.97 Å². The second-order valence-electron chi connectivity index (χ2n) is 4.57. The molecule has 7 nitrogen and oxygen atoms in total. The smallest absolute Gasteiger partial charge is 0.328 e. The highest BCUT2D eigenvalue weighted by Crippen LogP contribution is 2.11. The fourth-order valence-electron chi connectivity index (χ4n) is 0.857. The molecule has 0 aromatic rings. The summed E-state index contributed by atoms with van der Waals surface area (Å²) in [7, 11) is 0. The minimum atomic E-state index is -1.35. The molecule has 98 valence electrons. The predicted molar refractivity (Wildman–Crippen MR) is 59.1 cm³/mol. The molecule has 0 aliphatic carbocycles. The van der Waals surface area contributed by atoms with Crippen molar-refractivity contribution in [3.05, 3.63) is 0 Å². The second-order valence-corrected chi connectivity index (χ2v) is 4.57. The summed E-state index contributed by atoms with van der Waals surface area (Å²) in [6, 6.07) is -1.35. The molecular weight excluding hydrogens is 228 g/mol. The Morgan fingerprint density at radius 1 is 1.24 bits per heavy atom. The summed E-state index contributed by atoms with van der Waals surface area (Å²) >= 11 is 0. The maximum atomic E-state index is 11.4. The zero-order valence-corrected chi connectivity index (χ0v) is 10.1. The van der Waals surface area contributed by atoms with Gasteiger partial charge in [-0.05, 0) is 0 Å². The lowest BCUT2D eigenvalue weighted by Crippen LogP contribution is -2.48. The van der Waals surface area contributed by atoms with Crippen LogP contribution in [0.15, 0.2) is 0 Å². The third-order valence-electron chi connectivity index (χ3n) is 1.91. The van der Waals surface area contributed by atoms with E-state index in [2.05, 4.69) is 10.6 Å². The largest absolute Gasteiger partial charge is 0.480 e. The third-order valence-corrected chi connectivity index (χ3v) is 1.91. The number of nitrogens with one attached hydrogen (secondary N) is 2. The lowest BCUT2D eigenvalue weighted by molar-refractivity contribution is -0.142. The second kappa shape index (κ2) is 6.19. The Morgan fingerprint density at radius 2 is 1.76 bits per heavy atom. The number of aliphatic carboxylic acids is 1.